The molecule has 4 aromatic rings. The third-order valence-corrected chi connectivity index (χ3v) is 4.80. The fraction of sp³-hybridized carbons (Fsp3) is 0.125. The molecule has 0 bridgehead atoms. The lowest BCUT2D eigenvalue weighted by atomic mass is 10.0. The fourth-order valence-electron chi connectivity index (χ4n) is 3.40. The summed E-state index contributed by atoms with van der Waals surface area (Å²) >= 11 is 0. The highest BCUT2D eigenvalue weighted by molar-refractivity contribution is 5.99. The van der Waals surface area contributed by atoms with Gasteiger partial charge in [-0.15, -0.1) is 0 Å². The van der Waals surface area contributed by atoms with E-state index in [1.807, 2.05) is 49.4 Å². The molecule has 0 radical (unpaired) electrons. The van der Waals surface area contributed by atoms with E-state index in [2.05, 4.69) is 47.6 Å². The van der Waals surface area contributed by atoms with Crippen molar-refractivity contribution < 1.29 is 4.79 Å². The van der Waals surface area contributed by atoms with E-state index in [9.17, 15) is 4.79 Å². The molecule has 0 atom stereocenters. The van der Waals surface area contributed by atoms with Gasteiger partial charge in [-0.3, -0.25) is 4.79 Å². The second-order valence-corrected chi connectivity index (χ2v) is 6.98. The quantitative estimate of drug-likeness (QED) is 0.490. The SMILES string of the molecule is Cc1ccc(NC(=O)Cc2c(-c3ccccc3)[nH]c3ccc(C)cc23)cc1. The summed E-state index contributed by atoms with van der Waals surface area (Å²) in [5.74, 6) is -0.0153. The van der Waals surface area contributed by atoms with E-state index in [4.69, 9.17) is 0 Å². The van der Waals surface area contributed by atoms with Gasteiger partial charge in [0.25, 0.3) is 0 Å². The third-order valence-electron chi connectivity index (χ3n) is 4.80. The zero-order valence-electron chi connectivity index (χ0n) is 15.5. The maximum Gasteiger partial charge on any atom is 0.228 e. The summed E-state index contributed by atoms with van der Waals surface area (Å²) < 4.78 is 0. The number of amides is 1. The van der Waals surface area contributed by atoms with Gasteiger partial charge >= 0.3 is 0 Å². The van der Waals surface area contributed by atoms with Gasteiger partial charge in [0.1, 0.15) is 0 Å². The van der Waals surface area contributed by atoms with E-state index in [0.29, 0.717) is 6.42 Å². The number of benzene rings is 3. The Morgan fingerprint density at radius 1 is 0.889 bits per heavy atom. The minimum absolute atomic E-state index is 0.0153. The van der Waals surface area contributed by atoms with Crippen LogP contribution in [0.3, 0.4) is 0 Å². The van der Waals surface area contributed by atoms with Crippen molar-refractivity contribution in [3.8, 4) is 11.3 Å². The number of hydrogen-bond donors (Lipinski definition) is 2. The number of nitrogens with one attached hydrogen (secondary N) is 2. The Balaban J connectivity index is 1.71. The lowest BCUT2D eigenvalue weighted by Crippen LogP contribution is -2.14. The fourth-order valence-corrected chi connectivity index (χ4v) is 3.40. The van der Waals surface area contributed by atoms with Gasteiger partial charge < -0.3 is 10.3 Å². The van der Waals surface area contributed by atoms with Gasteiger partial charge in [0.05, 0.1) is 12.1 Å². The average Bonchev–Trinajstić information content (AvgIpc) is 3.02. The van der Waals surface area contributed by atoms with Gasteiger partial charge in [-0.2, -0.15) is 0 Å². The Bertz CT molecular complexity index is 1090. The first-order valence-electron chi connectivity index (χ1n) is 9.13. The van der Waals surface area contributed by atoms with Crippen molar-refractivity contribution in [2.24, 2.45) is 0 Å². The number of H-pyrrole nitrogens is 1. The maximum absolute atomic E-state index is 12.8. The highest BCUT2D eigenvalue weighted by Crippen LogP contribution is 2.31. The number of aryl methyl sites for hydroxylation is 2. The van der Waals surface area contributed by atoms with Crippen molar-refractivity contribution in [3.05, 3.63) is 89.5 Å². The summed E-state index contributed by atoms with van der Waals surface area (Å²) in [7, 11) is 0. The van der Waals surface area contributed by atoms with Gasteiger partial charge in [0, 0.05) is 16.6 Å². The summed E-state index contributed by atoms with van der Waals surface area (Å²) in [4.78, 5) is 16.3. The van der Waals surface area contributed by atoms with Gasteiger partial charge in [-0.25, -0.2) is 0 Å². The summed E-state index contributed by atoms with van der Waals surface area (Å²) in [5, 5.41) is 4.12. The zero-order valence-corrected chi connectivity index (χ0v) is 15.5. The van der Waals surface area contributed by atoms with Gasteiger partial charge in [-0.05, 0) is 49.2 Å². The lowest BCUT2D eigenvalue weighted by Gasteiger charge is -2.08. The number of hydrogen-bond acceptors (Lipinski definition) is 1. The molecule has 0 unspecified atom stereocenters. The predicted molar refractivity (Wildman–Crippen MR) is 112 cm³/mol. The van der Waals surface area contributed by atoms with Crippen molar-refractivity contribution in [3.63, 3.8) is 0 Å². The Morgan fingerprint density at radius 3 is 2.33 bits per heavy atom. The number of carbonyl (C=O) groups is 1. The van der Waals surface area contributed by atoms with Crippen LogP contribution >= 0.6 is 0 Å². The number of fused-ring (bicyclic) bond motifs is 1. The molecule has 27 heavy (non-hydrogen) atoms. The van der Waals surface area contributed by atoms with Crippen LogP contribution in [0.4, 0.5) is 5.69 Å². The van der Waals surface area contributed by atoms with Crippen molar-refractivity contribution in [1.82, 2.24) is 4.98 Å². The first-order valence-corrected chi connectivity index (χ1v) is 9.13. The molecule has 3 nitrogen and oxygen atoms in total. The monoisotopic (exact) mass is 354 g/mol. The molecule has 0 saturated carbocycles. The molecule has 2 N–H and O–H groups in total. The Kier molecular flexibility index (Phi) is 4.51. The molecule has 0 aliphatic rings. The van der Waals surface area contributed by atoms with Crippen molar-refractivity contribution >= 4 is 22.5 Å². The standard InChI is InChI=1S/C24H22N2O/c1-16-8-11-19(12-9-16)25-23(27)15-21-20-14-17(2)10-13-22(20)26-24(21)18-6-4-3-5-7-18/h3-14,26H,15H2,1-2H3,(H,25,27). The van der Waals surface area contributed by atoms with E-state index in [1.54, 1.807) is 0 Å². The number of carbonyl (C=O) groups excluding carboxylic acids is 1. The number of rotatable bonds is 4. The van der Waals surface area contributed by atoms with Crippen LogP contribution in [0.15, 0.2) is 72.8 Å². The van der Waals surface area contributed by atoms with Gasteiger partial charge in [-0.1, -0.05) is 59.7 Å². The van der Waals surface area contributed by atoms with Crippen LogP contribution in [0, 0.1) is 13.8 Å². The Morgan fingerprint density at radius 2 is 1.59 bits per heavy atom. The van der Waals surface area contributed by atoms with Crippen LogP contribution in [0.25, 0.3) is 22.2 Å². The zero-order chi connectivity index (χ0) is 18.8. The lowest BCUT2D eigenvalue weighted by molar-refractivity contribution is -0.115. The molecule has 1 heterocycles. The number of aromatic nitrogens is 1. The van der Waals surface area contributed by atoms with E-state index in [-0.39, 0.29) is 5.91 Å². The van der Waals surface area contributed by atoms with Crippen molar-refractivity contribution in [2.75, 3.05) is 5.32 Å². The molecule has 3 heteroatoms. The molecule has 134 valence electrons. The molecule has 0 spiro atoms. The van der Waals surface area contributed by atoms with Gasteiger partial charge in [0.15, 0.2) is 0 Å². The molecule has 1 aromatic heterocycles. The molecule has 0 aliphatic carbocycles. The summed E-state index contributed by atoms with van der Waals surface area (Å²) in [6.45, 7) is 4.11. The van der Waals surface area contributed by atoms with Crippen molar-refractivity contribution in [2.45, 2.75) is 20.3 Å². The molecule has 4 rings (SSSR count). The Hall–Kier alpha value is -3.33. The highest BCUT2D eigenvalue weighted by atomic mass is 16.1. The van der Waals surface area contributed by atoms with Gasteiger partial charge in [0.2, 0.25) is 5.91 Å². The average molecular weight is 354 g/mol. The molecule has 0 saturated heterocycles. The number of aromatic amines is 1. The summed E-state index contributed by atoms with van der Waals surface area (Å²) in [6.07, 6.45) is 0.321. The summed E-state index contributed by atoms with van der Waals surface area (Å²) in [6, 6.07) is 24.4. The maximum atomic E-state index is 12.8. The first kappa shape index (κ1) is 17.1. The number of anilines is 1. The molecule has 0 fully saturated rings. The van der Waals surface area contributed by atoms with Crippen LogP contribution in [0.5, 0.6) is 0 Å². The molecule has 1 amide bonds. The summed E-state index contributed by atoms with van der Waals surface area (Å²) in [5.41, 5.74) is 7.36. The molecular weight excluding hydrogens is 332 g/mol. The minimum Gasteiger partial charge on any atom is -0.354 e. The first-order chi connectivity index (χ1) is 13.1. The molecule has 0 aliphatic heterocycles. The minimum atomic E-state index is -0.0153. The topological polar surface area (TPSA) is 44.9 Å². The van der Waals surface area contributed by atoms with Crippen LogP contribution in [0.1, 0.15) is 16.7 Å². The van der Waals surface area contributed by atoms with Crippen LogP contribution in [-0.2, 0) is 11.2 Å². The Labute approximate surface area is 159 Å². The van der Waals surface area contributed by atoms with E-state index in [1.165, 1.54) is 11.1 Å². The molecule has 3 aromatic carbocycles. The van der Waals surface area contributed by atoms with Crippen LogP contribution in [-0.4, -0.2) is 10.9 Å². The van der Waals surface area contributed by atoms with E-state index < -0.39 is 0 Å². The van der Waals surface area contributed by atoms with Crippen LogP contribution in [0.2, 0.25) is 0 Å². The second kappa shape index (κ2) is 7.12. The van der Waals surface area contributed by atoms with Crippen molar-refractivity contribution in [1.29, 1.82) is 0 Å². The van der Waals surface area contributed by atoms with E-state index in [0.717, 1.165) is 33.4 Å². The smallest absolute Gasteiger partial charge is 0.228 e. The largest absolute Gasteiger partial charge is 0.354 e. The third kappa shape index (κ3) is 3.63. The predicted octanol–water partition coefficient (Wildman–Crippen LogP) is 5.63. The van der Waals surface area contributed by atoms with E-state index >= 15 is 0 Å². The highest BCUT2D eigenvalue weighted by Gasteiger charge is 2.16. The van der Waals surface area contributed by atoms with Crippen LogP contribution < -0.4 is 5.32 Å². The second-order valence-electron chi connectivity index (χ2n) is 6.98. The normalized spacial score (nSPS) is 10.9. The molecular formula is C24H22N2O.